The maximum Gasteiger partial charge on any atom is 0.354 e. The van der Waals surface area contributed by atoms with Gasteiger partial charge in [-0.05, 0) is 47.5 Å². The molecule has 8 heteroatoms. The summed E-state index contributed by atoms with van der Waals surface area (Å²) >= 11 is 12.2. The maximum atomic E-state index is 13.6. The predicted molar refractivity (Wildman–Crippen MR) is 108 cm³/mol. The smallest absolute Gasteiger partial charge is 0.354 e. The zero-order valence-electron chi connectivity index (χ0n) is 15.0. The fourth-order valence-corrected chi connectivity index (χ4v) is 3.19. The first-order valence-electron chi connectivity index (χ1n) is 8.50. The molecule has 148 valence electrons. The number of rotatable bonds is 6. The molecular formula is C21H15Cl2FN2O3. The third-order valence-electron chi connectivity index (χ3n) is 4.15. The number of carbonyl (C=O) groups excluding carboxylic acids is 1. The van der Waals surface area contributed by atoms with Gasteiger partial charge in [-0.15, -0.1) is 0 Å². The number of pyridine rings is 1. The lowest BCUT2D eigenvalue weighted by Gasteiger charge is -2.24. The number of carboxylic acid groups (broad SMARTS) is 1. The van der Waals surface area contributed by atoms with Crippen LogP contribution in [0, 0.1) is 5.82 Å². The Labute approximate surface area is 176 Å². The molecule has 1 aromatic heterocycles. The van der Waals surface area contributed by atoms with Crippen molar-refractivity contribution in [2.75, 3.05) is 0 Å². The lowest BCUT2D eigenvalue weighted by atomic mass is 10.1. The van der Waals surface area contributed by atoms with E-state index >= 15 is 0 Å². The van der Waals surface area contributed by atoms with E-state index in [1.165, 1.54) is 35.4 Å². The minimum Gasteiger partial charge on any atom is -0.477 e. The first kappa shape index (κ1) is 20.8. The normalized spacial score (nSPS) is 10.6. The van der Waals surface area contributed by atoms with Crippen LogP contribution >= 0.6 is 23.2 Å². The van der Waals surface area contributed by atoms with Crippen molar-refractivity contribution in [3.05, 3.63) is 99.0 Å². The van der Waals surface area contributed by atoms with Gasteiger partial charge in [-0.3, -0.25) is 4.79 Å². The first-order chi connectivity index (χ1) is 13.8. The molecule has 3 aromatic rings. The predicted octanol–water partition coefficient (Wildman–Crippen LogP) is 5.07. The Kier molecular flexibility index (Phi) is 6.46. The summed E-state index contributed by atoms with van der Waals surface area (Å²) < 4.78 is 13.6. The quantitative estimate of drug-likeness (QED) is 0.590. The highest BCUT2D eigenvalue weighted by molar-refractivity contribution is 6.35. The molecule has 0 unspecified atom stereocenters. The number of hydrogen-bond donors (Lipinski definition) is 1. The van der Waals surface area contributed by atoms with E-state index < -0.39 is 17.7 Å². The van der Waals surface area contributed by atoms with Gasteiger partial charge in [-0.25, -0.2) is 14.2 Å². The fraction of sp³-hybridized carbons (Fsp3) is 0.0952. The summed E-state index contributed by atoms with van der Waals surface area (Å²) in [6, 6.07) is 13.3. The Morgan fingerprint density at radius 2 is 1.83 bits per heavy atom. The fourth-order valence-electron chi connectivity index (χ4n) is 2.72. The second-order valence-electron chi connectivity index (χ2n) is 6.26. The van der Waals surface area contributed by atoms with E-state index in [2.05, 4.69) is 4.98 Å². The molecule has 0 saturated carbocycles. The van der Waals surface area contributed by atoms with Crippen LogP contribution < -0.4 is 0 Å². The van der Waals surface area contributed by atoms with E-state index in [4.69, 9.17) is 28.3 Å². The van der Waals surface area contributed by atoms with E-state index in [9.17, 15) is 14.0 Å². The van der Waals surface area contributed by atoms with Crippen LogP contribution in [0.3, 0.4) is 0 Å². The molecular weight excluding hydrogens is 418 g/mol. The molecule has 0 fully saturated rings. The van der Waals surface area contributed by atoms with E-state index in [-0.39, 0.29) is 24.3 Å². The number of carboxylic acids is 1. The van der Waals surface area contributed by atoms with Crippen molar-refractivity contribution in [1.82, 2.24) is 9.88 Å². The number of aromatic carboxylic acids is 1. The Balaban J connectivity index is 1.91. The van der Waals surface area contributed by atoms with Crippen LogP contribution in [0.1, 0.15) is 32.0 Å². The average molecular weight is 433 g/mol. The van der Waals surface area contributed by atoms with Crippen LogP contribution in [0.15, 0.2) is 60.8 Å². The van der Waals surface area contributed by atoms with Crippen molar-refractivity contribution in [3.8, 4) is 0 Å². The Morgan fingerprint density at radius 1 is 1.03 bits per heavy atom. The lowest BCUT2D eigenvalue weighted by molar-refractivity contribution is 0.0687. The summed E-state index contributed by atoms with van der Waals surface area (Å²) in [6.07, 6.45) is 1.39. The molecule has 0 aliphatic carbocycles. The van der Waals surface area contributed by atoms with E-state index in [0.29, 0.717) is 21.2 Å². The third-order valence-corrected chi connectivity index (χ3v) is 4.74. The monoisotopic (exact) mass is 432 g/mol. The summed E-state index contributed by atoms with van der Waals surface area (Å²) in [4.78, 5) is 29.4. The zero-order chi connectivity index (χ0) is 21.0. The number of amides is 1. The molecule has 0 atom stereocenters. The van der Waals surface area contributed by atoms with Crippen molar-refractivity contribution in [2.45, 2.75) is 13.1 Å². The van der Waals surface area contributed by atoms with Gasteiger partial charge in [0.2, 0.25) is 0 Å². The maximum absolute atomic E-state index is 13.6. The van der Waals surface area contributed by atoms with Gasteiger partial charge < -0.3 is 10.0 Å². The standard InChI is InChI=1S/C21H15Cl2FN2O3/c22-16-6-5-15(18(23)9-16)12-26(20(27)14-2-1-3-17(24)8-14)11-13-4-7-19(21(28)29)25-10-13/h1-10H,11-12H2,(H,28,29). The average Bonchev–Trinajstić information content (AvgIpc) is 2.69. The molecule has 1 heterocycles. The summed E-state index contributed by atoms with van der Waals surface area (Å²) in [5.41, 5.74) is 1.36. The van der Waals surface area contributed by atoms with Gasteiger partial charge in [-0.1, -0.05) is 41.4 Å². The van der Waals surface area contributed by atoms with Gasteiger partial charge in [0.25, 0.3) is 5.91 Å². The molecule has 1 N–H and O–H groups in total. The highest BCUT2D eigenvalue weighted by atomic mass is 35.5. The minimum atomic E-state index is -1.14. The summed E-state index contributed by atoms with van der Waals surface area (Å²) in [6.45, 7) is 0.271. The summed E-state index contributed by atoms with van der Waals surface area (Å²) in [5, 5.41) is 9.85. The number of hydrogen-bond acceptors (Lipinski definition) is 3. The highest BCUT2D eigenvalue weighted by Crippen LogP contribution is 2.24. The van der Waals surface area contributed by atoms with Crippen molar-refractivity contribution >= 4 is 35.1 Å². The van der Waals surface area contributed by atoms with Crippen molar-refractivity contribution in [1.29, 1.82) is 0 Å². The summed E-state index contributed by atoms with van der Waals surface area (Å²) in [5.74, 6) is -2.07. The summed E-state index contributed by atoms with van der Waals surface area (Å²) in [7, 11) is 0. The van der Waals surface area contributed by atoms with E-state index in [1.807, 2.05) is 0 Å². The first-order valence-corrected chi connectivity index (χ1v) is 9.26. The van der Waals surface area contributed by atoms with Crippen LogP contribution in [0.2, 0.25) is 10.0 Å². The Bertz CT molecular complexity index is 1060. The number of nitrogens with zero attached hydrogens (tertiary/aromatic N) is 2. The molecule has 0 radical (unpaired) electrons. The minimum absolute atomic E-state index is 0.0995. The largest absolute Gasteiger partial charge is 0.477 e. The molecule has 1 amide bonds. The van der Waals surface area contributed by atoms with Gasteiger partial charge in [-0.2, -0.15) is 0 Å². The van der Waals surface area contributed by atoms with Gasteiger partial charge in [0.15, 0.2) is 0 Å². The molecule has 3 rings (SSSR count). The molecule has 0 spiro atoms. The van der Waals surface area contributed by atoms with Crippen LogP contribution in [0.5, 0.6) is 0 Å². The van der Waals surface area contributed by atoms with Gasteiger partial charge in [0.1, 0.15) is 11.5 Å². The molecule has 29 heavy (non-hydrogen) atoms. The number of aromatic nitrogens is 1. The van der Waals surface area contributed by atoms with Crippen LogP contribution in [-0.4, -0.2) is 26.9 Å². The van der Waals surface area contributed by atoms with Crippen LogP contribution in [0.25, 0.3) is 0 Å². The molecule has 5 nitrogen and oxygen atoms in total. The number of halogens is 3. The Hall–Kier alpha value is -2.96. The second kappa shape index (κ2) is 9.03. The topological polar surface area (TPSA) is 70.5 Å². The SMILES string of the molecule is O=C(O)c1ccc(CN(Cc2ccc(Cl)cc2Cl)C(=O)c2cccc(F)c2)cn1. The van der Waals surface area contributed by atoms with Crippen molar-refractivity contribution in [3.63, 3.8) is 0 Å². The number of carbonyl (C=O) groups is 2. The van der Waals surface area contributed by atoms with Gasteiger partial charge in [0, 0.05) is 34.9 Å². The van der Waals surface area contributed by atoms with Gasteiger partial charge >= 0.3 is 5.97 Å². The molecule has 0 saturated heterocycles. The van der Waals surface area contributed by atoms with Crippen LogP contribution in [-0.2, 0) is 13.1 Å². The third kappa shape index (κ3) is 5.31. The zero-order valence-corrected chi connectivity index (χ0v) is 16.5. The van der Waals surface area contributed by atoms with Crippen molar-refractivity contribution < 1.29 is 19.1 Å². The van der Waals surface area contributed by atoms with Crippen molar-refractivity contribution in [2.24, 2.45) is 0 Å². The molecule has 0 bridgehead atoms. The lowest BCUT2D eigenvalue weighted by Crippen LogP contribution is -2.30. The number of benzene rings is 2. The molecule has 0 aliphatic heterocycles. The highest BCUT2D eigenvalue weighted by Gasteiger charge is 2.19. The Morgan fingerprint density at radius 3 is 2.45 bits per heavy atom. The van der Waals surface area contributed by atoms with Crippen LogP contribution in [0.4, 0.5) is 4.39 Å². The molecule has 2 aromatic carbocycles. The van der Waals surface area contributed by atoms with Gasteiger partial charge in [0.05, 0.1) is 0 Å². The van der Waals surface area contributed by atoms with E-state index in [1.54, 1.807) is 24.3 Å². The molecule has 0 aliphatic rings. The second-order valence-corrected chi connectivity index (χ2v) is 7.11. The van der Waals surface area contributed by atoms with E-state index in [0.717, 1.165) is 6.07 Å².